The van der Waals surface area contributed by atoms with Gasteiger partial charge in [0.2, 0.25) is 15.8 Å². The Hall–Kier alpha value is -2.98. The Morgan fingerprint density at radius 3 is 2.06 bits per heavy atom. The summed E-state index contributed by atoms with van der Waals surface area (Å²) in [6.45, 7) is 6.32. The molecule has 0 atom stereocenters. The number of ether oxygens (including phenoxy) is 4. The van der Waals surface area contributed by atoms with Crippen LogP contribution in [0.25, 0.3) is 0 Å². The van der Waals surface area contributed by atoms with Crippen LogP contribution in [0.15, 0.2) is 35.2 Å². The zero-order chi connectivity index (χ0) is 23.9. The van der Waals surface area contributed by atoms with Gasteiger partial charge in [-0.2, -0.15) is 4.31 Å². The number of rotatable bonds is 11. The highest BCUT2D eigenvalue weighted by Gasteiger charge is 2.25. The summed E-state index contributed by atoms with van der Waals surface area (Å²) in [4.78, 5) is 13.2. The number of benzene rings is 2. The van der Waals surface area contributed by atoms with E-state index in [1.54, 1.807) is 26.8 Å². The van der Waals surface area contributed by atoms with E-state index in [4.69, 9.17) is 18.9 Å². The first kappa shape index (κ1) is 25.3. The zero-order valence-corrected chi connectivity index (χ0v) is 20.0. The van der Waals surface area contributed by atoms with Crippen molar-refractivity contribution < 1.29 is 32.2 Å². The second-order valence-corrected chi connectivity index (χ2v) is 8.45. The van der Waals surface area contributed by atoms with Crippen molar-refractivity contribution in [2.75, 3.05) is 46.3 Å². The molecule has 1 N–H and O–H groups in total. The minimum absolute atomic E-state index is 0.0548. The van der Waals surface area contributed by atoms with Crippen molar-refractivity contribution >= 4 is 21.6 Å². The van der Waals surface area contributed by atoms with E-state index in [0.717, 1.165) is 0 Å². The van der Waals surface area contributed by atoms with E-state index >= 15 is 0 Å². The van der Waals surface area contributed by atoms with Crippen LogP contribution in [0, 0.1) is 0 Å². The molecule has 0 aliphatic heterocycles. The number of nitrogens with one attached hydrogen (secondary N) is 1. The first-order valence-electron chi connectivity index (χ1n) is 10.2. The minimum Gasteiger partial charge on any atom is -0.493 e. The van der Waals surface area contributed by atoms with Crippen LogP contribution in [0.4, 0.5) is 5.69 Å². The summed E-state index contributed by atoms with van der Waals surface area (Å²) < 4.78 is 48.8. The number of carbonyl (C=O) groups is 1. The molecule has 9 nitrogen and oxygen atoms in total. The Morgan fingerprint density at radius 2 is 1.53 bits per heavy atom. The molecule has 0 radical (unpaired) electrons. The Labute approximate surface area is 189 Å². The van der Waals surface area contributed by atoms with Gasteiger partial charge in [0.25, 0.3) is 5.91 Å². The van der Waals surface area contributed by atoms with Crippen molar-refractivity contribution in [3.05, 3.63) is 35.9 Å². The number of methoxy groups -OCH3 is 3. The summed E-state index contributed by atoms with van der Waals surface area (Å²) in [5, 5.41) is 2.74. The molecular weight excluding hydrogens is 436 g/mol. The molecule has 0 saturated carbocycles. The fraction of sp³-hybridized carbons (Fsp3) is 0.409. The Kier molecular flexibility index (Phi) is 8.73. The maximum atomic E-state index is 13.1. The first-order valence-corrected chi connectivity index (χ1v) is 11.6. The van der Waals surface area contributed by atoms with Crippen molar-refractivity contribution in [2.45, 2.75) is 25.7 Å². The molecular formula is C22H30N2O7S. The number of sulfonamides is 1. The lowest BCUT2D eigenvalue weighted by atomic mass is 10.1. The molecule has 0 fully saturated rings. The lowest BCUT2D eigenvalue weighted by Crippen LogP contribution is -2.30. The number of anilines is 1. The molecule has 0 spiro atoms. The van der Waals surface area contributed by atoms with E-state index in [2.05, 4.69) is 5.32 Å². The highest BCUT2D eigenvalue weighted by atomic mass is 32.2. The van der Waals surface area contributed by atoms with Crippen LogP contribution >= 0.6 is 0 Å². The third-order valence-electron chi connectivity index (χ3n) is 4.79. The average molecular weight is 467 g/mol. The number of nitrogens with zero attached hydrogens (tertiary/aromatic N) is 1. The zero-order valence-electron chi connectivity index (χ0n) is 19.2. The van der Waals surface area contributed by atoms with E-state index in [0.29, 0.717) is 31.2 Å². The van der Waals surface area contributed by atoms with Gasteiger partial charge >= 0.3 is 0 Å². The molecule has 0 aliphatic rings. The summed E-state index contributed by atoms with van der Waals surface area (Å²) in [5.74, 6) is 0.683. The average Bonchev–Trinajstić information content (AvgIpc) is 2.79. The van der Waals surface area contributed by atoms with E-state index in [9.17, 15) is 13.2 Å². The maximum absolute atomic E-state index is 13.1. The maximum Gasteiger partial charge on any atom is 0.259 e. The van der Waals surface area contributed by atoms with Crippen LogP contribution in [-0.4, -0.2) is 59.7 Å². The number of carbonyl (C=O) groups excluding carboxylic acids is 1. The molecule has 32 heavy (non-hydrogen) atoms. The number of amides is 1. The molecule has 1 amide bonds. The fourth-order valence-corrected chi connectivity index (χ4v) is 4.72. The van der Waals surface area contributed by atoms with Crippen LogP contribution in [0.5, 0.6) is 23.0 Å². The monoisotopic (exact) mass is 466 g/mol. The van der Waals surface area contributed by atoms with Crippen molar-refractivity contribution in [3.8, 4) is 23.0 Å². The third-order valence-corrected chi connectivity index (χ3v) is 6.84. The molecule has 0 aliphatic carbocycles. The summed E-state index contributed by atoms with van der Waals surface area (Å²) >= 11 is 0. The SMILES string of the molecule is CCOc1ccc(S(=O)(=O)N(CC)CC)cc1NC(=O)c1ccc(OC)c(OC)c1OC. The smallest absolute Gasteiger partial charge is 0.259 e. The molecule has 0 aromatic heterocycles. The van der Waals surface area contributed by atoms with E-state index in [1.165, 1.54) is 49.9 Å². The van der Waals surface area contributed by atoms with Gasteiger partial charge in [-0.15, -0.1) is 0 Å². The Balaban J connectivity index is 2.53. The van der Waals surface area contributed by atoms with Gasteiger partial charge in [0.1, 0.15) is 5.75 Å². The van der Waals surface area contributed by atoms with Gasteiger partial charge < -0.3 is 24.3 Å². The lowest BCUT2D eigenvalue weighted by Gasteiger charge is -2.20. The molecule has 0 saturated heterocycles. The summed E-state index contributed by atoms with van der Waals surface area (Å²) in [6.07, 6.45) is 0. The second-order valence-electron chi connectivity index (χ2n) is 6.52. The molecule has 0 unspecified atom stereocenters. The van der Waals surface area contributed by atoms with Crippen molar-refractivity contribution in [3.63, 3.8) is 0 Å². The Bertz CT molecular complexity index is 1050. The standard InChI is InChI=1S/C22H30N2O7S/c1-7-24(8-2)32(26,27)15-10-12-18(31-9-3)17(14-15)23-22(25)16-11-13-19(28-4)21(30-6)20(16)29-5/h10-14H,7-9H2,1-6H3,(H,23,25). The van der Waals surface area contributed by atoms with Crippen LogP contribution in [0.3, 0.4) is 0 Å². The van der Waals surface area contributed by atoms with Gasteiger partial charge in [-0.1, -0.05) is 13.8 Å². The summed E-state index contributed by atoms with van der Waals surface area (Å²) in [6, 6.07) is 7.50. The molecule has 10 heteroatoms. The van der Waals surface area contributed by atoms with Crippen LogP contribution < -0.4 is 24.3 Å². The molecule has 2 rings (SSSR count). The van der Waals surface area contributed by atoms with Gasteiger partial charge in [0, 0.05) is 13.1 Å². The largest absolute Gasteiger partial charge is 0.493 e. The van der Waals surface area contributed by atoms with Gasteiger partial charge in [0.15, 0.2) is 11.5 Å². The number of hydrogen-bond acceptors (Lipinski definition) is 7. The van der Waals surface area contributed by atoms with Gasteiger partial charge in [-0.05, 0) is 37.3 Å². The minimum atomic E-state index is -3.72. The van der Waals surface area contributed by atoms with Crippen molar-refractivity contribution in [1.82, 2.24) is 4.31 Å². The molecule has 176 valence electrons. The van der Waals surface area contributed by atoms with Crippen molar-refractivity contribution in [2.24, 2.45) is 0 Å². The van der Waals surface area contributed by atoms with E-state index in [-0.39, 0.29) is 27.6 Å². The van der Waals surface area contributed by atoms with Crippen molar-refractivity contribution in [1.29, 1.82) is 0 Å². The summed E-state index contributed by atoms with van der Waals surface area (Å²) in [7, 11) is 0.611. The lowest BCUT2D eigenvalue weighted by molar-refractivity contribution is 0.102. The quantitative estimate of drug-likeness (QED) is 0.541. The van der Waals surface area contributed by atoms with Gasteiger partial charge in [-0.25, -0.2) is 8.42 Å². The van der Waals surface area contributed by atoms with Gasteiger partial charge in [-0.3, -0.25) is 4.79 Å². The van der Waals surface area contributed by atoms with E-state index in [1.807, 2.05) is 0 Å². The fourth-order valence-electron chi connectivity index (χ4n) is 3.23. The molecule has 2 aromatic rings. The van der Waals surface area contributed by atoms with E-state index < -0.39 is 15.9 Å². The summed E-state index contributed by atoms with van der Waals surface area (Å²) in [5.41, 5.74) is 0.409. The third kappa shape index (κ3) is 5.08. The molecule has 2 aromatic carbocycles. The highest BCUT2D eigenvalue weighted by molar-refractivity contribution is 7.89. The number of hydrogen-bond donors (Lipinski definition) is 1. The molecule has 0 heterocycles. The van der Waals surface area contributed by atoms with Crippen LogP contribution in [0.2, 0.25) is 0 Å². The Morgan fingerprint density at radius 1 is 0.906 bits per heavy atom. The first-order chi connectivity index (χ1) is 15.3. The van der Waals surface area contributed by atoms with Crippen LogP contribution in [-0.2, 0) is 10.0 Å². The highest BCUT2D eigenvalue weighted by Crippen LogP contribution is 2.40. The predicted molar refractivity (Wildman–Crippen MR) is 122 cm³/mol. The normalized spacial score (nSPS) is 11.2. The topological polar surface area (TPSA) is 103 Å². The van der Waals surface area contributed by atoms with Gasteiger partial charge in [0.05, 0.1) is 44.1 Å². The predicted octanol–water partition coefficient (Wildman–Crippen LogP) is 3.39. The molecule has 0 bridgehead atoms. The van der Waals surface area contributed by atoms with Crippen LogP contribution in [0.1, 0.15) is 31.1 Å². The second kappa shape index (κ2) is 11.1.